The van der Waals surface area contributed by atoms with Gasteiger partial charge in [-0.3, -0.25) is 4.21 Å². The number of rotatable bonds is 5. The molecule has 0 amide bonds. The molecular formula is C16H15N3OS2. The Morgan fingerprint density at radius 2 is 1.86 bits per heavy atom. The summed E-state index contributed by atoms with van der Waals surface area (Å²) in [6.45, 7) is 2.04. The van der Waals surface area contributed by atoms with E-state index in [0.717, 1.165) is 16.3 Å². The van der Waals surface area contributed by atoms with Crippen molar-refractivity contribution in [2.24, 2.45) is 0 Å². The van der Waals surface area contributed by atoms with Gasteiger partial charge in [0.2, 0.25) is 0 Å². The molecule has 0 saturated carbocycles. The summed E-state index contributed by atoms with van der Waals surface area (Å²) in [5, 5.41) is 2.70. The molecule has 112 valence electrons. The van der Waals surface area contributed by atoms with E-state index in [4.69, 9.17) is 0 Å². The summed E-state index contributed by atoms with van der Waals surface area (Å²) < 4.78 is 12.3. The van der Waals surface area contributed by atoms with Gasteiger partial charge >= 0.3 is 0 Å². The normalized spacial score (nSPS) is 12.2. The van der Waals surface area contributed by atoms with Gasteiger partial charge in [0.15, 0.2) is 10.8 Å². The maximum Gasteiger partial charge on any atom is 0.188 e. The van der Waals surface area contributed by atoms with Gasteiger partial charge in [-0.1, -0.05) is 24.3 Å². The fourth-order valence-electron chi connectivity index (χ4n) is 2.05. The largest absolute Gasteiger partial charge is 0.259 e. The summed E-state index contributed by atoms with van der Waals surface area (Å²) in [7, 11) is -0.972. The van der Waals surface area contributed by atoms with E-state index >= 15 is 0 Å². The number of hydrogen-bond donors (Lipinski definition) is 0. The Morgan fingerprint density at radius 3 is 2.64 bits per heavy atom. The Balaban J connectivity index is 1.68. The Hall–Kier alpha value is -1.92. The molecule has 6 heteroatoms. The third kappa shape index (κ3) is 3.64. The summed E-state index contributed by atoms with van der Waals surface area (Å²) in [6.07, 6.45) is 3.39. The van der Waals surface area contributed by atoms with Crippen molar-refractivity contribution in [3.63, 3.8) is 0 Å². The molecule has 3 rings (SSSR count). The van der Waals surface area contributed by atoms with Gasteiger partial charge in [0.25, 0.3) is 0 Å². The van der Waals surface area contributed by atoms with Crippen LogP contribution in [0.15, 0.2) is 48.1 Å². The van der Waals surface area contributed by atoms with Gasteiger partial charge in [0, 0.05) is 34.3 Å². The lowest BCUT2D eigenvalue weighted by atomic mass is 10.1. The van der Waals surface area contributed by atoms with E-state index in [2.05, 4.69) is 15.0 Å². The van der Waals surface area contributed by atoms with E-state index in [0.29, 0.717) is 17.3 Å². The lowest BCUT2D eigenvalue weighted by molar-refractivity contribution is 0.681. The number of hydrogen-bond acceptors (Lipinski definition) is 5. The van der Waals surface area contributed by atoms with Crippen LogP contribution < -0.4 is 0 Å². The molecule has 0 N–H and O–H groups in total. The molecule has 0 bridgehead atoms. The topological polar surface area (TPSA) is 55.7 Å². The molecule has 0 fully saturated rings. The van der Waals surface area contributed by atoms with E-state index in [9.17, 15) is 4.21 Å². The monoisotopic (exact) mass is 329 g/mol. The van der Waals surface area contributed by atoms with Crippen molar-refractivity contribution >= 4 is 22.1 Å². The van der Waals surface area contributed by atoms with Crippen LogP contribution in [0.2, 0.25) is 0 Å². The Morgan fingerprint density at radius 1 is 1.09 bits per heavy atom. The molecule has 4 nitrogen and oxygen atoms in total. The zero-order valence-electron chi connectivity index (χ0n) is 12.1. The summed E-state index contributed by atoms with van der Waals surface area (Å²) in [5.41, 5.74) is 3.13. The first-order chi connectivity index (χ1) is 10.7. The first kappa shape index (κ1) is 15.0. The molecule has 22 heavy (non-hydrogen) atoms. The van der Waals surface area contributed by atoms with Crippen LogP contribution in [0.5, 0.6) is 0 Å². The molecule has 1 atom stereocenters. The highest BCUT2D eigenvalue weighted by Gasteiger charge is 2.10. The highest BCUT2D eigenvalue weighted by atomic mass is 32.2. The van der Waals surface area contributed by atoms with Crippen molar-refractivity contribution in [1.29, 1.82) is 0 Å². The van der Waals surface area contributed by atoms with Gasteiger partial charge in [-0.05, 0) is 24.1 Å². The molecule has 0 spiro atoms. The second kappa shape index (κ2) is 6.89. The summed E-state index contributed by atoms with van der Waals surface area (Å²) in [4.78, 5) is 12.8. The zero-order chi connectivity index (χ0) is 15.4. The van der Waals surface area contributed by atoms with Gasteiger partial charge in [-0.2, -0.15) is 0 Å². The van der Waals surface area contributed by atoms with Gasteiger partial charge in [0.1, 0.15) is 0 Å². The number of thiazole rings is 1. The highest BCUT2D eigenvalue weighted by Crippen LogP contribution is 2.21. The number of aromatic nitrogens is 3. The molecule has 0 aliphatic carbocycles. The third-order valence-corrected chi connectivity index (χ3v) is 5.33. The Labute approximate surface area is 135 Å². The lowest BCUT2D eigenvalue weighted by Crippen LogP contribution is -2.01. The second-order valence-corrected chi connectivity index (χ2v) is 7.19. The summed E-state index contributed by atoms with van der Waals surface area (Å²) >= 11 is 1.48. The molecule has 2 heterocycles. The van der Waals surface area contributed by atoms with Crippen LogP contribution in [0.4, 0.5) is 0 Å². The van der Waals surface area contributed by atoms with Crippen molar-refractivity contribution in [3.05, 3.63) is 64.9 Å². The summed E-state index contributed by atoms with van der Waals surface area (Å²) in [6, 6.07) is 9.81. The summed E-state index contributed by atoms with van der Waals surface area (Å²) in [5.74, 6) is 1.63. The minimum Gasteiger partial charge on any atom is -0.259 e. The lowest BCUT2D eigenvalue weighted by Gasteiger charge is -2.04. The molecular weight excluding hydrogens is 314 g/mol. The van der Waals surface area contributed by atoms with Crippen LogP contribution in [-0.4, -0.2) is 19.2 Å². The van der Waals surface area contributed by atoms with E-state index < -0.39 is 10.8 Å². The van der Waals surface area contributed by atoms with Gasteiger partial charge in [0.05, 0.1) is 11.4 Å². The van der Waals surface area contributed by atoms with Crippen molar-refractivity contribution < 1.29 is 4.21 Å². The van der Waals surface area contributed by atoms with Gasteiger partial charge in [-0.25, -0.2) is 15.0 Å². The minimum atomic E-state index is -0.972. The average molecular weight is 329 g/mol. The molecule has 0 aliphatic heterocycles. The molecule has 3 aromatic rings. The van der Waals surface area contributed by atoms with Crippen LogP contribution in [-0.2, 0) is 22.3 Å². The average Bonchev–Trinajstić information content (AvgIpc) is 2.99. The highest BCUT2D eigenvalue weighted by molar-refractivity contribution is 7.83. The van der Waals surface area contributed by atoms with Crippen molar-refractivity contribution in [1.82, 2.24) is 15.0 Å². The third-order valence-electron chi connectivity index (χ3n) is 3.20. The predicted molar refractivity (Wildman–Crippen MR) is 89.9 cm³/mol. The van der Waals surface area contributed by atoms with Crippen LogP contribution in [0.25, 0.3) is 10.8 Å². The van der Waals surface area contributed by atoms with Crippen LogP contribution in [0, 0.1) is 6.92 Å². The quantitative estimate of drug-likeness (QED) is 0.720. The fourth-order valence-corrected chi connectivity index (χ4v) is 4.17. The van der Waals surface area contributed by atoms with Gasteiger partial charge in [-0.15, -0.1) is 11.3 Å². The predicted octanol–water partition coefficient (Wildman–Crippen LogP) is 3.36. The van der Waals surface area contributed by atoms with Crippen LogP contribution in [0.1, 0.15) is 16.8 Å². The Kier molecular flexibility index (Phi) is 4.70. The minimum absolute atomic E-state index is 0.456. The number of benzene rings is 1. The standard InChI is InChI=1S/C16H15N3OS2/c1-12-5-2-3-6-13(12)10-22(20)11-14-9-21-16(19-14)15-17-7-4-8-18-15/h2-9H,10-11H2,1H3/t22-/m0/s1. The fraction of sp³-hybridized carbons (Fsp3) is 0.188. The SMILES string of the molecule is Cc1ccccc1C[S@](=O)Cc1csc(-c2ncccn2)n1. The zero-order valence-corrected chi connectivity index (χ0v) is 13.7. The first-order valence-corrected chi connectivity index (χ1v) is 9.20. The van der Waals surface area contributed by atoms with Crippen molar-refractivity contribution in [2.75, 3.05) is 0 Å². The van der Waals surface area contributed by atoms with Crippen molar-refractivity contribution in [2.45, 2.75) is 18.4 Å². The maximum absolute atomic E-state index is 12.3. The Bertz CT molecular complexity index is 787. The molecule has 1 aromatic carbocycles. The van der Waals surface area contributed by atoms with E-state index in [1.54, 1.807) is 18.5 Å². The van der Waals surface area contributed by atoms with E-state index in [1.807, 2.05) is 36.6 Å². The number of nitrogens with zero attached hydrogens (tertiary/aromatic N) is 3. The first-order valence-electron chi connectivity index (χ1n) is 6.83. The molecule has 0 aliphatic rings. The van der Waals surface area contributed by atoms with Gasteiger partial charge < -0.3 is 0 Å². The number of aryl methyl sites for hydroxylation is 1. The molecule has 0 radical (unpaired) electrons. The maximum atomic E-state index is 12.3. The molecule has 0 unspecified atom stereocenters. The second-order valence-electron chi connectivity index (χ2n) is 4.87. The van der Waals surface area contributed by atoms with E-state index in [-0.39, 0.29) is 0 Å². The van der Waals surface area contributed by atoms with Crippen molar-refractivity contribution in [3.8, 4) is 10.8 Å². The molecule has 0 saturated heterocycles. The van der Waals surface area contributed by atoms with Crippen LogP contribution in [0.3, 0.4) is 0 Å². The van der Waals surface area contributed by atoms with E-state index in [1.165, 1.54) is 16.9 Å². The van der Waals surface area contributed by atoms with Crippen LogP contribution >= 0.6 is 11.3 Å². The molecule has 2 aromatic heterocycles. The smallest absolute Gasteiger partial charge is 0.188 e.